The molecule has 0 fully saturated rings. The fraction of sp³-hybridized carbons (Fsp3) is 0.500. The number of anilines is 1. The molecule has 0 atom stereocenters. The maximum atomic E-state index is 12.0. The zero-order chi connectivity index (χ0) is 13.6. The van der Waals surface area contributed by atoms with Crippen LogP contribution in [0.15, 0.2) is 24.3 Å². The Hall–Kier alpha value is -1.26. The van der Waals surface area contributed by atoms with Crippen molar-refractivity contribution in [3.63, 3.8) is 0 Å². The van der Waals surface area contributed by atoms with Crippen LogP contribution in [-0.2, 0) is 4.79 Å². The Morgan fingerprint density at radius 1 is 1.42 bits per heavy atom. The average molecular weight is 287 g/mol. The van der Waals surface area contributed by atoms with Gasteiger partial charge in [0.25, 0.3) is 0 Å². The smallest absolute Gasteiger partial charge is 0.231 e. The summed E-state index contributed by atoms with van der Waals surface area (Å²) in [5, 5.41) is 2.85. The molecule has 4 nitrogen and oxygen atoms in total. The monoisotopic (exact) mass is 286 g/mol. The topological polar surface area (TPSA) is 64.3 Å². The number of benzene rings is 1. The number of amides is 1. The molecule has 0 saturated carbocycles. The van der Waals surface area contributed by atoms with Crippen molar-refractivity contribution in [2.24, 2.45) is 11.1 Å². The molecule has 0 aromatic heterocycles. The van der Waals surface area contributed by atoms with E-state index >= 15 is 0 Å². The maximum absolute atomic E-state index is 12.0. The molecule has 0 heterocycles. The number of nitrogens with one attached hydrogen (secondary N) is 1. The van der Waals surface area contributed by atoms with E-state index in [1.165, 1.54) is 0 Å². The fourth-order valence-corrected chi connectivity index (χ4v) is 1.28. The van der Waals surface area contributed by atoms with Crippen LogP contribution in [0, 0.1) is 5.41 Å². The average Bonchev–Trinajstić information content (AvgIpc) is 2.36. The van der Waals surface area contributed by atoms with Crippen molar-refractivity contribution in [2.45, 2.75) is 27.2 Å². The third-order valence-corrected chi connectivity index (χ3v) is 2.69. The second-order valence-electron chi connectivity index (χ2n) is 4.92. The second kappa shape index (κ2) is 8.02. The molecule has 0 aliphatic heterocycles. The first-order valence-electron chi connectivity index (χ1n) is 6.24. The van der Waals surface area contributed by atoms with Crippen molar-refractivity contribution in [1.82, 2.24) is 0 Å². The SMILES string of the molecule is CCCOc1cccc(NC(=O)C(C)(C)CN)c1.Cl. The molecule has 0 aliphatic rings. The normalized spacial score (nSPS) is 10.5. The minimum atomic E-state index is -0.569. The number of ether oxygens (including phenoxy) is 1. The molecule has 5 heteroatoms. The van der Waals surface area contributed by atoms with Crippen LogP contribution in [0.1, 0.15) is 27.2 Å². The van der Waals surface area contributed by atoms with Crippen LogP contribution >= 0.6 is 12.4 Å². The molecule has 0 radical (unpaired) electrons. The molecule has 0 bridgehead atoms. The number of hydrogen-bond acceptors (Lipinski definition) is 3. The van der Waals surface area contributed by atoms with E-state index in [1.54, 1.807) is 0 Å². The summed E-state index contributed by atoms with van der Waals surface area (Å²) in [7, 11) is 0. The van der Waals surface area contributed by atoms with E-state index in [2.05, 4.69) is 12.2 Å². The van der Waals surface area contributed by atoms with Crippen LogP contribution in [0.5, 0.6) is 5.75 Å². The Morgan fingerprint density at radius 3 is 2.68 bits per heavy atom. The Kier molecular flexibility index (Phi) is 7.49. The maximum Gasteiger partial charge on any atom is 0.231 e. The molecule has 0 spiro atoms. The predicted octanol–water partition coefficient (Wildman–Crippen LogP) is 2.82. The molecule has 19 heavy (non-hydrogen) atoms. The van der Waals surface area contributed by atoms with E-state index in [4.69, 9.17) is 10.5 Å². The summed E-state index contributed by atoms with van der Waals surface area (Å²) in [5.41, 5.74) is 5.73. The molecule has 1 aromatic carbocycles. The van der Waals surface area contributed by atoms with E-state index < -0.39 is 5.41 Å². The third kappa shape index (κ3) is 5.49. The molecule has 0 saturated heterocycles. The van der Waals surface area contributed by atoms with Crippen LogP contribution in [0.25, 0.3) is 0 Å². The molecule has 3 N–H and O–H groups in total. The molecule has 1 amide bonds. The summed E-state index contributed by atoms with van der Waals surface area (Å²) in [6, 6.07) is 7.39. The highest BCUT2D eigenvalue weighted by molar-refractivity contribution is 5.95. The number of carbonyl (C=O) groups is 1. The second-order valence-corrected chi connectivity index (χ2v) is 4.92. The summed E-state index contributed by atoms with van der Waals surface area (Å²) in [4.78, 5) is 12.0. The number of rotatable bonds is 6. The van der Waals surface area contributed by atoms with Crippen molar-refractivity contribution in [3.05, 3.63) is 24.3 Å². The summed E-state index contributed by atoms with van der Waals surface area (Å²) in [5.74, 6) is 0.679. The summed E-state index contributed by atoms with van der Waals surface area (Å²) in [6.07, 6.45) is 0.955. The Labute approximate surface area is 121 Å². The molecule has 108 valence electrons. The highest BCUT2D eigenvalue weighted by Gasteiger charge is 2.25. The van der Waals surface area contributed by atoms with Crippen LogP contribution in [0.3, 0.4) is 0 Å². The lowest BCUT2D eigenvalue weighted by atomic mass is 9.92. The van der Waals surface area contributed by atoms with Gasteiger partial charge in [-0.1, -0.05) is 13.0 Å². The van der Waals surface area contributed by atoms with Gasteiger partial charge < -0.3 is 15.8 Å². The lowest BCUT2D eigenvalue weighted by molar-refractivity contribution is -0.123. The van der Waals surface area contributed by atoms with E-state index in [0.717, 1.165) is 17.9 Å². The standard InChI is InChI=1S/C14H22N2O2.ClH/c1-4-8-18-12-7-5-6-11(9-12)16-13(17)14(2,3)10-15;/h5-7,9H,4,8,10,15H2,1-3H3,(H,16,17);1H. The van der Waals surface area contributed by atoms with Gasteiger partial charge in [0.1, 0.15) is 5.75 Å². The summed E-state index contributed by atoms with van der Waals surface area (Å²) in [6.45, 7) is 6.67. The molecule has 1 rings (SSSR count). The van der Waals surface area contributed by atoms with Gasteiger partial charge in [-0.25, -0.2) is 0 Å². The van der Waals surface area contributed by atoms with Gasteiger partial charge in [-0.05, 0) is 32.4 Å². The lowest BCUT2D eigenvalue weighted by Crippen LogP contribution is -2.37. The van der Waals surface area contributed by atoms with Crippen LogP contribution in [-0.4, -0.2) is 19.1 Å². The molecule has 0 aliphatic carbocycles. The van der Waals surface area contributed by atoms with Crippen LogP contribution in [0.2, 0.25) is 0 Å². The Bertz CT molecular complexity index is 408. The van der Waals surface area contributed by atoms with Gasteiger partial charge in [0.05, 0.1) is 12.0 Å². The molecular formula is C14H23ClN2O2. The highest BCUT2D eigenvalue weighted by atomic mass is 35.5. The number of carbonyl (C=O) groups excluding carboxylic acids is 1. The van der Waals surface area contributed by atoms with Gasteiger partial charge >= 0.3 is 0 Å². The van der Waals surface area contributed by atoms with Gasteiger partial charge in [0.2, 0.25) is 5.91 Å². The van der Waals surface area contributed by atoms with Gasteiger partial charge in [-0.15, -0.1) is 12.4 Å². The zero-order valence-electron chi connectivity index (χ0n) is 11.7. The molecule has 0 unspecified atom stereocenters. The predicted molar refractivity (Wildman–Crippen MR) is 80.9 cm³/mol. The number of halogens is 1. The highest BCUT2D eigenvalue weighted by Crippen LogP contribution is 2.21. The zero-order valence-corrected chi connectivity index (χ0v) is 12.5. The number of hydrogen-bond donors (Lipinski definition) is 2. The minimum absolute atomic E-state index is 0. The van der Waals surface area contributed by atoms with Crippen LogP contribution < -0.4 is 15.8 Å². The lowest BCUT2D eigenvalue weighted by Gasteiger charge is -2.21. The van der Waals surface area contributed by atoms with Gasteiger partial charge in [0, 0.05) is 18.3 Å². The van der Waals surface area contributed by atoms with E-state index in [0.29, 0.717) is 13.2 Å². The van der Waals surface area contributed by atoms with Crippen molar-refractivity contribution in [1.29, 1.82) is 0 Å². The van der Waals surface area contributed by atoms with Crippen molar-refractivity contribution >= 4 is 24.0 Å². The van der Waals surface area contributed by atoms with Gasteiger partial charge in [0.15, 0.2) is 0 Å². The van der Waals surface area contributed by atoms with Crippen molar-refractivity contribution in [2.75, 3.05) is 18.5 Å². The minimum Gasteiger partial charge on any atom is -0.494 e. The third-order valence-electron chi connectivity index (χ3n) is 2.69. The number of nitrogens with two attached hydrogens (primary N) is 1. The van der Waals surface area contributed by atoms with E-state index in [9.17, 15) is 4.79 Å². The Balaban J connectivity index is 0.00000324. The largest absolute Gasteiger partial charge is 0.494 e. The van der Waals surface area contributed by atoms with E-state index in [-0.39, 0.29) is 18.3 Å². The first-order chi connectivity index (χ1) is 8.49. The van der Waals surface area contributed by atoms with Gasteiger partial charge in [-0.2, -0.15) is 0 Å². The van der Waals surface area contributed by atoms with Crippen LogP contribution in [0.4, 0.5) is 5.69 Å². The fourth-order valence-electron chi connectivity index (χ4n) is 1.28. The first kappa shape index (κ1) is 17.7. The Morgan fingerprint density at radius 2 is 2.11 bits per heavy atom. The quantitative estimate of drug-likeness (QED) is 0.845. The van der Waals surface area contributed by atoms with Gasteiger partial charge in [-0.3, -0.25) is 4.79 Å². The van der Waals surface area contributed by atoms with Crippen molar-refractivity contribution in [3.8, 4) is 5.75 Å². The van der Waals surface area contributed by atoms with Crippen molar-refractivity contribution < 1.29 is 9.53 Å². The summed E-state index contributed by atoms with van der Waals surface area (Å²) < 4.78 is 5.51. The van der Waals surface area contributed by atoms with E-state index in [1.807, 2.05) is 38.1 Å². The molecule has 1 aromatic rings. The molecular weight excluding hydrogens is 264 g/mol. The first-order valence-corrected chi connectivity index (χ1v) is 6.24. The summed E-state index contributed by atoms with van der Waals surface area (Å²) >= 11 is 0.